The van der Waals surface area contributed by atoms with Crippen molar-refractivity contribution in [1.82, 2.24) is 5.06 Å². The van der Waals surface area contributed by atoms with Crippen LogP contribution in [0.3, 0.4) is 0 Å². The summed E-state index contributed by atoms with van der Waals surface area (Å²) in [5.74, 6) is 0.0120. The van der Waals surface area contributed by atoms with Gasteiger partial charge < -0.3 is 4.43 Å². The number of hydrogen-bond acceptors (Lipinski definition) is 3. The summed E-state index contributed by atoms with van der Waals surface area (Å²) >= 11 is 0. The molecule has 0 spiro atoms. The van der Waals surface area contributed by atoms with E-state index in [1.165, 1.54) is 22.5 Å². The van der Waals surface area contributed by atoms with Gasteiger partial charge in [-0.05, 0) is 28.3 Å². The number of nitrogens with zero attached hydrogens (tertiary/aromatic N) is 1. The second-order valence-electron chi connectivity index (χ2n) is 8.59. The maximum absolute atomic E-state index is 12.4. The molecule has 2 aromatic carbocycles. The maximum Gasteiger partial charge on any atom is 0.261 e. The number of hydroxylamine groups is 2. The predicted octanol–water partition coefficient (Wildman–Crippen LogP) is 3.36. The molecule has 0 bridgehead atoms. The first-order valence-electron chi connectivity index (χ1n) is 9.90. The lowest BCUT2D eigenvalue weighted by atomic mass is 9.82. The Morgan fingerprint density at radius 2 is 1.43 bits per heavy atom. The van der Waals surface area contributed by atoms with Crippen LogP contribution in [0.2, 0.25) is 5.04 Å². The van der Waals surface area contributed by atoms with Gasteiger partial charge in [0.25, 0.3) is 8.32 Å². The molecule has 1 amide bonds. The zero-order valence-corrected chi connectivity index (χ0v) is 18.5. The number of hydrogen-bond donors (Lipinski definition) is 0. The van der Waals surface area contributed by atoms with E-state index in [-0.39, 0.29) is 23.0 Å². The van der Waals surface area contributed by atoms with Crippen molar-refractivity contribution in [1.29, 1.82) is 0 Å². The molecule has 1 saturated carbocycles. The van der Waals surface area contributed by atoms with Crippen LogP contribution in [0.25, 0.3) is 0 Å². The fraction of sp³-hybridized carbons (Fsp3) is 0.435. The molecule has 2 aromatic rings. The molecular formula is C23H31NO3Si. The van der Waals surface area contributed by atoms with Gasteiger partial charge in [-0.1, -0.05) is 81.4 Å². The lowest BCUT2D eigenvalue weighted by molar-refractivity contribution is -0.179. The van der Waals surface area contributed by atoms with Crippen LogP contribution in [0.4, 0.5) is 0 Å². The Bertz CT molecular complexity index is 743. The average molecular weight is 398 g/mol. The van der Waals surface area contributed by atoms with Crippen molar-refractivity contribution in [3.63, 3.8) is 0 Å². The summed E-state index contributed by atoms with van der Waals surface area (Å²) in [5.41, 5.74) is 0. The quantitative estimate of drug-likeness (QED) is 0.554. The lowest BCUT2D eigenvalue weighted by Gasteiger charge is -2.48. The van der Waals surface area contributed by atoms with Gasteiger partial charge in [0.15, 0.2) is 0 Å². The summed E-state index contributed by atoms with van der Waals surface area (Å²) in [4.78, 5) is 17.4. The third kappa shape index (κ3) is 3.79. The van der Waals surface area contributed by atoms with Crippen molar-refractivity contribution in [2.45, 2.75) is 44.8 Å². The van der Waals surface area contributed by atoms with E-state index < -0.39 is 8.32 Å². The van der Waals surface area contributed by atoms with Gasteiger partial charge >= 0.3 is 0 Å². The van der Waals surface area contributed by atoms with Crippen molar-refractivity contribution in [3.05, 3.63) is 60.7 Å². The topological polar surface area (TPSA) is 38.8 Å². The van der Waals surface area contributed by atoms with Gasteiger partial charge in [0.1, 0.15) is 0 Å². The second-order valence-corrected chi connectivity index (χ2v) is 12.8. The van der Waals surface area contributed by atoms with E-state index in [0.29, 0.717) is 0 Å². The molecule has 1 fully saturated rings. The first kappa shape index (κ1) is 20.8. The predicted molar refractivity (Wildman–Crippen MR) is 115 cm³/mol. The zero-order valence-electron chi connectivity index (χ0n) is 17.5. The molecule has 0 atom stereocenters. The molecule has 1 aliphatic rings. The van der Waals surface area contributed by atoms with Gasteiger partial charge in [0.05, 0.1) is 7.11 Å². The molecule has 5 heteroatoms. The van der Waals surface area contributed by atoms with E-state index in [1.807, 2.05) is 0 Å². The number of carbonyl (C=O) groups excluding carboxylic acids is 1. The van der Waals surface area contributed by atoms with Crippen LogP contribution in [-0.2, 0) is 14.1 Å². The summed E-state index contributed by atoms with van der Waals surface area (Å²) in [6.45, 7) is 6.83. The van der Waals surface area contributed by atoms with Crippen LogP contribution in [0.1, 0.15) is 33.6 Å². The second kappa shape index (κ2) is 8.19. The Kier molecular flexibility index (Phi) is 6.08. The number of carbonyl (C=O) groups is 1. The van der Waals surface area contributed by atoms with Gasteiger partial charge in [0, 0.05) is 19.1 Å². The summed E-state index contributed by atoms with van der Waals surface area (Å²) in [5, 5.41) is 3.83. The van der Waals surface area contributed by atoms with Gasteiger partial charge in [-0.3, -0.25) is 9.63 Å². The molecule has 0 aromatic heterocycles. The Hall–Kier alpha value is -1.95. The highest BCUT2D eigenvalue weighted by atomic mass is 28.4. The third-order valence-corrected chi connectivity index (χ3v) is 10.9. The van der Waals surface area contributed by atoms with E-state index in [9.17, 15) is 4.79 Å². The zero-order chi connectivity index (χ0) is 20.4. The Labute approximate surface area is 169 Å². The Morgan fingerprint density at radius 3 is 1.82 bits per heavy atom. The van der Waals surface area contributed by atoms with Crippen molar-refractivity contribution in [3.8, 4) is 0 Å². The van der Waals surface area contributed by atoms with Gasteiger partial charge in [-0.15, -0.1) is 0 Å². The minimum absolute atomic E-state index is 0.0202. The van der Waals surface area contributed by atoms with E-state index in [4.69, 9.17) is 9.26 Å². The van der Waals surface area contributed by atoms with Gasteiger partial charge in [-0.25, -0.2) is 5.06 Å². The maximum atomic E-state index is 12.4. The number of benzene rings is 2. The van der Waals surface area contributed by atoms with Crippen molar-refractivity contribution in [2.75, 3.05) is 14.2 Å². The van der Waals surface area contributed by atoms with E-state index >= 15 is 0 Å². The molecule has 0 unspecified atom stereocenters. The smallest absolute Gasteiger partial charge is 0.261 e. The van der Waals surface area contributed by atoms with E-state index in [0.717, 1.165) is 12.8 Å². The molecule has 4 nitrogen and oxygen atoms in total. The molecule has 1 aliphatic carbocycles. The summed E-state index contributed by atoms with van der Waals surface area (Å²) in [6.07, 6.45) is 1.58. The largest absolute Gasteiger partial charge is 0.404 e. The first-order chi connectivity index (χ1) is 13.3. The molecule has 0 saturated heterocycles. The molecule has 0 heterocycles. The minimum Gasteiger partial charge on any atom is -0.404 e. The Morgan fingerprint density at radius 1 is 0.964 bits per heavy atom. The molecule has 0 aliphatic heterocycles. The molecule has 0 N–H and O–H groups in total. The molecule has 3 rings (SSSR count). The fourth-order valence-corrected chi connectivity index (χ4v) is 8.86. The van der Waals surface area contributed by atoms with E-state index in [2.05, 4.69) is 81.4 Å². The number of rotatable bonds is 6. The van der Waals surface area contributed by atoms with Crippen LogP contribution in [0, 0.1) is 5.92 Å². The molecule has 0 radical (unpaired) electrons. The lowest BCUT2D eigenvalue weighted by Crippen LogP contribution is -2.68. The van der Waals surface area contributed by atoms with Crippen LogP contribution in [0.5, 0.6) is 0 Å². The summed E-state index contributed by atoms with van der Waals surface area (Å²) in [6, 6.07) is 21.3. The standard InChI is InChI=1S/C23H31NO3Si/c1-23(2,3)28(20-12-8-6-9-13-20,21-14-10-7-11-15-21)27-19-16-18(17-19)22(25)24(4)26-5/h6-15,18-19H,16-17H2,1-5H3. The molecule has 150 valence electrons. The third-order valence-electron chi connectivity index (χ3n) is 5.79. The van der Waals surface area contributed by atoms with Crippen molar-refractivity contribution >= 4 is 24.6 Å². The van der Waals surface area contributed by atoms with Crippen LogP contribution < -0.4 is 10.4 Å². The summed E-state index contributed by atoms with van der Waals surface area (Å²) in [7, 11) is 0.648. The highest BCUT2D eigenvalue weighted by Gasteiger charge is 2.53. The summed E-state index contributed by atoms with van der Waals surface area (Å²) < 4.78 is 7.03. The van der Waals surface area contributed by atoms with Crippen LogP contribution >= 0.6 is 0 Å². The highest BCUT2D eigenvalue weighted by Crippen LogP contribution is 2.41. The van der Waals surface area contributed by atoms with Gasteiger partial charge in [-0.2, -0.15) is 0 Å². The van der Waals surface area contributed by atoms with Crippen molar-refractivity contribution in [2.24, 2.45) is 5.92 Å². The van der Waals surface area contributed by atoms with Gasteiger partial charge in [0.2, 0.25) is 5.91 Å². The Balaban J connectivity index is 1.94. The van der Waals surface area contributed by atoms with Crippen LogP contribution in [0.15, 0.2) is 60.7 Å². The monoisotopic (exact) mass is 397 g/mol. The molecular weight excluding hydrogens is 366 g/mol. The number of amides is 1. The molecule has 28 heavy (non-hydrogen) atoms. The minimum atomic E-state index is -2.54. The van der Waals surface area contributed by atoms with Crippen LogP contribution in [-0.4, -0.2) is 39.5 Å². The first-order valence-corrected chi connectivity index (χ1v) is 11.8. The normalized spacial score (nSPS) is 19.8. The van der Waals surface area contributed by atoms with Crippen molar-refractivity contribution < 1.29 is 14.1 Å². The average Bonchev–Trinajstić information content (AvgIpc) is 2.66. The van der Waals surface area contributed by atoms with E-state index in [1.54, 1.807) is 7.05 Å². The SMILES string of the molecule is CON(C)C(=O)C1CC(O[Si](c2ccccc2)(c2ccccc2)C(C)(C)C)C1. The fourth-order valence-electron chi connectivity index (χ4n) is 4.15. The highest BCUT2D eigenvalue weighted by molar-refractivity contribution is 6.99.